The van der Waals surface area contributed by atoms with E-state index in [9.17, 15) is 0 Å². The molecule has 0 radical (unpaired) electrons. The van der Waals surface area contributed by atoms with Gasteiger partial charge in [-0.25, -0.2) is 4.98 Å². The van der Waals surface area contributed by atoms with Crippen LogP contribution in [-0.2, 0) is 0 Å². The maximum atomic E-state index is 5.32. The summed E-state index contributed by atoms with van der Waals surface area (Å²) in [7, 11) is 1.89. The lowest BCUT2D eigenvalue weighted by atomic mass is 10.6. The Morgan fingerprint density at radius 3 is 3.10 bits per heavy atom. The van der Waals surface area contributed by atoms with E-state index in [-0.39, 0.29) is 0 Å². The fraction of sp³-hybridized carbons (Fsp3) is 0.500. The number of aromatic nitrogens is 1. The Kier molecular flexibility index (Phi) is 2.28. The van der Waals surface area contributed by atoms with Crippen molar-refractivity contribution in [1.82, 2.24) is 4.98 Å². The molecule has 10 heavy (non-hydrogen) atoms. The Labute approximate surface area is 59.6 Å². The average molecular weight is 141 g/mol. The van der Waals surface area contributed by atoms with Crippen LogP contribution in [0.5, 0.6) is 0 Å². The second kappa shape index (κ2) is 3.22. The maximum absolute atomic E-state index is 5.32. The first-order valence-corrected chi connectivity index (χ1v) is 3.15. The van der Waals surface area contributed by atoms with Gasteiger partial charge >= 0.3 is 0 Å². The van der Waals surface area contributed by atoms with Crippen molar-refractivity contribution in [2.75, 3.05) is 25.0 Å². The van der Waals surface area contributed by atoms with E-state index in [0.717, 1.165) is 6.54 Å². The van der Waals surface area contributed by atoms with E-state index in [2.05, 4.69) is 4.98 Å². The second-order valence-electron chi connectivity index (χ2n) is 2.02. The Morgan fingerprint density at radius 2 is 2.60 bits per heavy atom. The minimum atomic E-state index is 0.610. The fourth-order valence-electron chi connectivity index (χ4n) is 0.694. The van der Waals surface area contributed by atoms with Gasteiger partial charge in [-0.2, -0.15) is 0 Å². The fourth-order valence-corrected chi connectivity index (χ4v) is 0.694. The highest BCUT2D eigenvalue weighted by atomic mass is 16.4. The van der Waals surface area contributed by atoms with E-state index < -0.39 is 0 Å². The van der Waals surface area contributed by atoms with Crippen molar-refractivity contribution in [3.05, 3.63) is 12.5 Å². The average Bonchev–Trinajstić information content (AvgIpc) is 2.38. The molecule has 4 heteroatoms. The van der Waals surface area contributed by atoms with Gasteiger partial charge in [0.25, 0.3) is 6.01 Å². The van der Waals surface area contributed by atoms with Gasteiger partial charge in [-0.3, -0.25) is 0 Å². The van der Waals surface area contributed by atoms with Gasteiger partial charge in [0.2, 0.25) is 0 Å². The number of nitrogens with zero attached hydrogens (tertiary/aromatic N) is 2. The minimum absolute atomic E-state index is 0.610. The molecule has 0 unspecified atom stereocenters. The largest absolute Gasteiger partial charge is 0.432 e. The van der Waals surface area contributed by atoms with E-state index in [4.69, 9.17) is 10.2 Å². The second-order valence-corrected chi connectivity index (χ2v) is 2.02. The molecule has 0 amide bonds. The van der Waals surface area contributed by atoms with Gasteiger partial charge in [0.1, 0.15) is 6.26 Å². The van der Waals surface area contributed by atoms with Crippen molar-refractivity contribution >= 4 is 6.01 Å². The molecule has 0 aliphatic carbocycles. The first-order valence-electron chi connectivity index (χ1n) is 3.15. The molecule has 2 N–H and O–H groups in total. The number of nitrogens with two attached hydrogens (primary N) is 1. The number of hydrogen-bond donors (Lipinski definition) is 1. The predicted octanol–water partition coefficient (Wildman–Crippen LogP) is 0.0695. The smallest absolute Gasteiger partial charge is 0.296 e. The van der Waals surface area contributed by atoms with Crippen LogP contribution in [-0.4, -0.2) is 25.1 Å². The van der Waals surface area contributed by atoms with Crippen LogP contribution < -0.4 is 10.6 Å². The highest BCUT2D eigenvalue weighted by molar-refractivity contribution is 5.21. The maximum Gasteiger partial charge on any atom is 0.296 e. The molecular weight excluding hydrogens is 130 g/mol. The summed E-state index contributed by atoms with van der Waals surface area (Å²) in [6, 6.07) is 0.616. The Balaban J connectivity index is 2.50. The van der Waals surface area contributed by atoms with Gasteiger partial charge in [0.15, 0.2) is 0 Å². The van der Waals surface area contributed by atoms with Crippen molar-refractivity contribution < 1.29 is 4.42 Å². The van der Waals surface area contributed by atoms with Gasteiger partial charge < -0.3 is 15.1 Å². The van der Waals surface area contributed by atoms with Gasteiger partial charge in [-0.05, 0) is 0 Å². The third kappa shape index (κ3) is 1.48. The summed E-state index contributed by atoms with van der Waals surface area (Å²) >= 11 is 0. The molecule has 4 nitrogen and oxygen atoms in total. The molecule has 1 heterocycles. The van der Waals surface area contributed by atoms with E-state index in [1.54, 1.807) is 12.5 Å². The monoisotopic (exact) mass is 141 g/mol. The van der Waals surface area contributed by atoms with E-state index >= 15 is 0 Å². The lowest BCUT2D eigenvalue weighted by Crippen LogP contribution is -2.25. The Bertz CT molecular complexity index is 173. The molecular formula is C6H11N3O. The SMILES string of the molecule is CN(CCN)c1ncco1. The summed E-state index contributed by atoms with van der Waals surface area (Å²) in [4.78, 5) is 5.80. The highest BCUT2D eigenvalue weighted by Crippen LogP contribution is 2.05. The molecule has 0 fully saturated rings. The molecule has 1 aromatic heterocycles. The predicted molar refractivity (Wildman–Crippen MR) is 38.8 cm³/mol. The molecule has 0 bridgehead atoms. The highest BCUT2D eigenvalue weighted by Gasteiger charge is 2.01. The molecule has 0 saturated heterocycles. The molecule has 0 aliphatic rings. The number of likely N-dealkylation sites (N-methyl/N-ethyl adjacent to an activating group) is 1. The van der Waals surface area contributed by atoms with Crippen molar-refractivity contribution in [3.63, 3.8) is 0 Å². The molecule has 0 spiro atoms. The van der Waals surface area contributed by atoms with E-state index in [1.165, 1.54) is 0 Å². The summed E-state index contributed by atoms with van der Waals surface area (Å²) in [5, 5.41) is 0. The summed E-state index contributed by atoms with van der Waals surface area (Å²) in [5.41, 5.74) is 5.32. The first-order chi connectivity index (χ1) is 4.84. The lowest BCUT2D eigenvalue weighted by Gasteiger charge is -2.11. The van der Waals surface area contributed by atoms with Crippen molar-refractivity contribution in [2.45, 2.75) is 0 Å². The van der Waals surface area contributed by atoms with Crippen molar-refractivity contribution in [2.24, 2.45) is 5.73 Å². The number of hydrogen-bond acceptors (Lipinski definition) is 4. The van der Waals surface area contributed by atoms with Crippen LogP contribution in [0.4, 0.5) is 6.01 Å². The molecule has 1 aromatic rings. The molecule has 0 atom stereocenters. The van der Waals surface area contributed by atoms with Crippen LogP contribution in [0.2, 0.25) is 0 Å². The molecule has 56 valence electrons. The van der Waals surface area contributed by atoms with Crippen molar-refractivity contribution in [1.29, 1.82) is 0 Å². The third-order valence-corrected chi connectivity index (χ3v) is 1.21. The Hall–Kier alpha value is -1.03. The van der Waals surface area contributed by atoms with Crippen molar-refractivity contribution in [3.8, 4) is 0 Å². The van der Waals surface area contributed by atoms with Gasteiger partial charge in [-0.15, -0.1) is 0 Å². The third-order valence-electron chi connectivity index (χ3n) is 1.21. The summed E-state index contributed by atoms with van der Waals surface area (Å²) in [5.74, 6) is 0. The first kappa shape index (κ1) is 7.08. The normalized spacial score (nSPS) is 9.80. The standard InChI is InChI=1S/C6H11N3O/c1-9(4-2-7)6-8-3-5-10-6/h3,5H,2,4,7H2,1H3. The van der Waals surface area contributed by atoms with Crippen LogP contribution in [0.15, 0.2) is 16.9 Å². The molecule has 0 saturated carbocycles. The van der Waals surface area contributed by atoms with Crippen LogP contribution in [0, 0.1) is 0 Å². The van der Waals surface area contributed by atoms with Crippen LogP contribution in [0.3, 0.4) is 0 Å². The summed E-state index contributed by atoms with van der Waals surface area (Å²) in [6.07, 6.45) is 3.16. The van der Waals surface area contributed by atoms with Crippen LogP contribution in [0.25, 0.3) is 0 Å². The van der Waals surface area contributed by atoms with Crippen LogP contribution >= 0.6 is 0 Å². The quantitative estimate of drug-likeness (QED) is 0.647. The zero-order valence-corrected chi connectivity index (χ0v) is 5.95. The number of rotatable bonds is 3. The van der Waals surface area contributed by atoms with Gasteiger partial charge in [0.05, 0.1) is 6.20 Å². The van der Waals surface area contributed by atoms with Gasteiger partial charge in [0, 0.05) is 20.1 Å². The summed E-state index contributed by atoms with van der Waals surface area (Å²) < 4.78 is 5.01. The zero-order valence-electron chi connectivity index (χ0n) is 5.95. The Morgan fingerprint density at radius 1 is 1.80 bits per heavy atom. The van der Waals surface area contributed by atoms with Gasteiger partial charge in [-0.1, -0.05) is 0 Å². The molecule has 1 rings (SSSR count). The number of oxazole rings is 1. The van der Waals surface area contributed by atoms with E-state index in [1.807, 2.05) is 11.9 Å². The topological polar surface area (TPSA) is 55.3 Å². The van der Waals surface area contributed by atoms with E-state index in [0.29, 0.717) is 12.6 Å². The molecule has 0 aliphatic heterocycles. The minimum Gasteiger partial charge on any atom is -0.432 e. The number of anilines is 1. The summed E-state index contributed by atoms with van der Waals surface area (Å²) in [6.45, 7) is 1.37. The molecule has 0 aromatic carbocycles. The zero-order chi connectivity index (χ0) is 7.40. The van der Waals surface area contributed by atoms with Crippen LogP contribution in [0.1, 0.15) is 0 Å². The lowest BCUT2D eigenvalue weighted by molar-refractivity contribution is 0.546.